The normalized spacial score (nSPS) is 14.1. The highest BCUT2D eigenvalue weighted by molar-refractivity contribution is 7.91. The molecule has 0 aromatic heterocycles. The molecule has 1 aliphatic carbocycles. The van der Waals surface area contributed by atoms with Crippen LogP contribution in [-0.4, -0.2) is 32.7 Å². The molecular weight excluding hydrogens is 338 g/mol. The molecule has 5 nitrogen and oxygen atoms in total. The summed E-state index contributed by atoms with van der Waals surface area (Å²) in [5.41, 5.74) is 0.603. The number of hydrogen-bond acceptors (Lipinski definition) is 4. The van der Waals surface area contributed by atoms with Crippen molar-refractivity contribution in [2.45, 2.75) is 30.2 Å². The summed E-state index contributed by atoms with van der Waals surface area (Å²) < 4.78 is 29.9. The molecule has 1 N–H and O–H groups in total. The summed E-state index contributed by atoms with van der Waals surface area (Å²) in [5.74, 6) is 0.599. The van der Waals surface area contributed by atoms with Crippen LogP contribution in [0.15, 0.2) is 59.5 Å². The molecule has 2 aromatic rings. The van der Waals surface area contributed by atoms with E-state index in [2.05, 4.69) is 5.32 Å². The van der Waals surface area contributed by atoms with Crippen LogP contribution in [0.5, 0.6) is 5.75 Å². The maximum atomic E-state index is 12.2. The zero-order valence-electron chi connectivity index (χ0n) is 13.9. The number of carbonyl (C=O) groups is 1. The third-order valence-corrected chi connectivity index (χ3v) is 5.77. The largest absolute Gasteiger partial charge is 0.494 e. The maximum absolute atomic E-state index is 12.2. The van der Waals surface area contributed by atoms with Crippen LogP contribution in [0.1, 0.15) is 29.6 Å². The lowest BCUT2D eigenvalue weighted by Gasteiger charge is -2.08. The van der Waals surface area contributed by atoms with Crippen molar-refractivity contribution < 1.29 is 17.9 Å². The van der Waals surface area contributed by atoms with E-state index in [1.54, 1.807) is 54.6 Å². The highest BCUT2D eigenvalue weighted by Gasteiger charge is 2.23. The molecule has 6 heteroatoms. The molecular formula is C19H21NO4S. The number of nitrogens with one attached hydrogen (secondary N) is 1. The van der Waals surface area contributed by atoms with Gasteiger partial charge in [0.2, 0.25) is 0 Å². The number of amides is 1. The summed E-state index contributed by atoms with van der Waals surface area (Å²) in [4.78, 5) is 12.2. The Morgan fingerprint density at radius 1 is 1.04 bits per heavy atom. The molecule has 1 aliphatic rings. The van der Waals surface area contributed by atoms with E-state index in [9.17, 15) is 13.2 Å². The van der Waals surface area contributed by atoms with Gasteiger partial charge in [0.05, 0.1) is 17.3 Å². The van der Waals surface area contributed by atoms with Crippen molar-refractivity contribution >= 4 is 15.7 Å². The molecule has 0 aliphatic heterocycles. The van der Waals surface area contributed by atoms with Crippen LogP contribution in [0.4, 0.5) is 0 Å². The summed E-state index contributed by atoms with van der Waals surface area (Å²) in [6, 6.07) is 15.6. The molecule has 0 spiro atoms. The monoisotopic (exact) mass is 359 g/mol. The van der Waals surface area contributed by atoms with E-state index in [1.165, 1.54) is 0 Å². The summed E-state index contributed by atoms with van der Waals surface area (Å²) in [5, 5.41) is 2.93. The predicted molar refractivity (Wildman–Crippen MR) is 95.5 cm³/mol. The minimum atomic E-state index is -3.27. The number of rotatable bonds is 8. The molecule has 0 bridgehead atoms. The van der Waals surface area contributed by atoms with Crippen LogP contribution in [-0.2, 0) is 9.84 Å². The highest BCUT2D eigenvalue weighted by Crippen LogP contribution is 2.20. The molecule has 0 unspecified atom stereocenters. The quantitative estimate of drug-likeness (QED) is 0.736. The molecule has 1 amide bonds. The second-order valence-corrected chi connectivity index (χ2v) is 8.22. The number of hydrogen-bond donors (Lipinski definition) is 1. The van der Waals surface area contributed by atoms with Crippen molar-refractivity contribution in [2.24, 2.45) is 0 Å². The minimum Gasteiger partial charge on any atom is -0.494 e. The van der Waals surface area contributed by atoms with Gasteiger partial charge in [-0.25, -0.2) is 8.42 Å². The molecule has 0 atom stereocenters. The zero-order chi connectivity index (χ0) is 17.7. The summed E-state index contributed by atoms with van der Waals surface area (Å²) in [7, 11) is -3.27. The van der Waals surface area contributed by atoms with Crippen molar-refractivity contribution in [2.75, 3.05) is 12.4 Å². The van der Waals surface area contributed by atoms with Gasteiger partial charge in [0.1, 0.15) is 5.75 Å². The van der Waals surface area contributed by atoms with Gasteiger partial charge in [-0.05, 0) is 55.7 Å². The Labute approximate surface area is 147 Å². The fourth-order valence-electron chi connectivity index (χ4n) is 2.38. The molecule has 3 rings (SSSR count). The average molecular weight is 359 g/mol. The van der Waals surface area contributed by atoms with Gasteiger partial charge in [0.25, 0.3) is 5.91 Å². The Balaban J connectivity index is 1.45. The van der Waals surface area contributed by atoms with Gasteiger partial charge in [-0.15, -0.1) is 0 Å². The van der Waals surface area contributed by atoms with Crippen molar-refractivity contribution in [3.63, 3.8) is 0 Å². The van der Waals surface area contributed by atoms with Gasteiger partial charge < -0.3 is 10.1 Å². The van der Waals surface area contributed by atoms with E-state index in [1.807, 2.05) is 0 Å². The number of carbonyl (C=O) groups excluding carboxylic acids is 1. The zero-order valence-corrected chi connectivity index (χ0v) is 14.7. The summed E-state index contributed by atoms with van der Waals surface area (Å²) in [6.07, 6.45) is 2.51. The molecule has 25 heavy (non-hydrogen) atoms. The second kappa shape index (κ2) is 7.70. The van der Waals surface area contributed by atoms with E-state index in [0.717, 1.165) is 12.8 Å². The SMILES string of the molecule is O=C(NC1CC1)c1ccc(OCCCS(=O)(=O)c2ccccc2)cc1. The van der Waals surface area contributed by atoms with Crippen molar-refractivity contribution in [3.8, 4) is 5.75 Å². The molecule has 1 fully saturated rings. The van der Waals surface area contributed by atoms with Gasteiger partial charge in [0, 0.05) is 11.6 Å². The number of benzene rings is 2. The van der Waals surface area contributed by atoms with E-state index < -0.39 is 9.84 Å². The van der Waals surface area contributed by atoms with Gasteiger partial charge in [0.15, 0.2) is 9.84 Å². The topological polar surface area (TPSA) is 72.5 Å². The Morgan fingerprint density at radius 3 is 2.36 bits per heavy atom. The predicted octanol–water partition coefficient (Wildman–Crippen LogP) is 2.82. The molecule has 132 valence electrons. The Morgan fingerprint density at radius 2 is 1.72 bits per heavy atom. The molecule has 0 saturated heterocycles. The third kappa shape index (κ3) is 5.06. The first-order valence-corrected chi connectivity index (χ1v) is 10.0. The van der Waals surface area contributed by atoms with Crippen molar-refractivity contribution in [1.82, 2.24) is 5.32 Å². The van der Waals surface area contributed by atoms with Crippen molar-refractivity contribution in [1.29, 1.82) is 0 Å². The van der Waals surface area contributed by atoms with Crippen LogP contribution in [0.25, 0.3) is 0 Å². The Hall–Kier alpha value is -2.34. The van der Waals surface area contributed by atoms with E-state index >= 15 is 0 Å². The lowest BCUT2D eigenvalue weighted by Crippen LogP contribution is -2.25. The van der Waals surface area contributed by atoms with Gasteiger partial charge in [-0.2, -0.15) is 0 Å². The van der Waals surface area contributed by atoms with Crippen LogP contribution in [0, 0.1) is 0 Å². The fourth-order valence-corrected chi connectivity index (χ4v) is 3.69. The Bertz CT molecular complexity index is 812. The first-order valence-electron chi connectivity index (χ1n) is 8.36. The minimum absolute atomic E-state index is 0.0406. The lowest BCUT2D eigenvalue weighted by atomic mass is 10.2. The van der Waals surface area contributed by atoms with Gasteiger partial charge in [-0.1, -0.05) is 18.2 Å². The fraction of sp³-hybridized carbons (Fsp3) is 0.316. The smallest absolute Gasteiger partial charge is 0.251 e. The van der Waals surface area contributed by atoms with Crippen LogP contribution < -0.4 is 10.1 Å². The number of sulfone groups is 1. The molecule has 0 heterocycles. The standard InChI is InChI=1S/C19H21NO4S/c21-19(20-16-9-10-16)15-7-11-17(12-8-15)24-13-4-14-25(22,23)18-5-2-1-3-6-18/h1-3,5-8,11-12,16H,4,9-10,13-14H2,(H,20,21). The number of ether oxygens (including phenoxy) is 1. The van der Waals surface area contributed by atoms with E-state index in [4.69, 9.17) is 4.74 Å². The van der Waals surface area contributed by atoms with Crippen LogP contribution >= 0.6 is 0 Å². The van der Waals surface area contributed by atoms with Crippen LogP contribution in [0.3, 0.4) is 0 Å². The molecule has 2 aromatic carbocycles. The van der Waals surface area contributed by atoms with Gasteiger partial charge >= 0.3 is 0 Å². The Kier molecular flexibility index (Phi) is 5.38. The highest BCUT2D eigenvalue weighted by atomic mass is 32.2. The average Bonchev–Trinajstić information content (AvgIpc) is 3.44. The second-order valence-electron chi connectivity index (χ2n) is 6.11. The summed E-state index contributed by atoms with van der Waals surface area (Å²) in [6.45, 7) is 0.305. The van der Waals surface area contributed by atoms with Crippen molar-refractivity contribution in [3.05, 3.63) is 60.2 Å². The molecule has 1 saturated carbocycles. The van der Waals surface area contributed by atoms with E-state index in [0.29, 0.717) is 35.3 Å². The molecule has 0 radical (unpaired) electrons. The van der Waals surface area contributed by atoms with Gasteiger partial charge in [-0.3, -0.25) is 4.79 Å². The van der Waals surface area contributed by atoms with Crippen LogP contribution in [0.2, 0.25) is 0 Å². The third-order valence-electron chi connectivity index (χ3n) is 3.96. The first kappa shape index (κ1) is 17.5. The first-order chi connectivity index (χ1) is 12.0. The maximum Gasteiger partial charge on any atom is 0.251 e. The summed E-state index contributed by atoms with van der Waals surface area (Å²) >= 11 is 0. The lowest BCUT2D eigenvalue weighted by molar-refractivity contribution is 0.0951. The van der Waals surface area contributed by atoms with E-state index in [-0.39, 0.29) is 11.7 Å².